The van der Waals surface area contributed by atoms with Crippen LogP contribution in [0.25, 0.3) is 10.9 Å². The number of nitrogens with zero attached hydrogens (tertiary/aromatic N) is 2. The van der Waals surface area contributed by atoms with E-state index in [4.69, 9.17) is 21.3 Å². The second-order valence-electron chi connectivity index (χ2n) is 6.11. The molecular formula is C20H19ClN2O. The molecule has 0 amide bonds. The van der Waals surface area contributed by atoms with Crippen LogP contribution in [0.1, 0.15) is 18.4 Å². The van der Waals surface area contributed by atoms with Crippen LogP contribution >= 0.6 is 11.6 Å². The Hall–Kier alpha value is -2.26. The van der Waals surface area contributed by atoms with Gasteiger partial charge < -0.3 is 9.64 Å². The number of ether oxygens (including phenoxy) is 1. The molecule has 0 atom stereocenters. The predicted molar refractivity (Wildman–Crippen MR) is 99.0 cm³/mol. The van der Waals surface area contributed by atoms with Crippen LogP contribution in [-0.2, 0) is 6.61 Å². The van der Waals surface area contributed by atoms with Crippen LogP contribution in [0.3, 0.4) is 0 Å². The van der Waals surface area contributed by atoms with E-state index in [-0.39, 0.29) is 0 Å². The molecule has 0 saturated carbocycles. The van der Waals surface area contributed by atoms with Gasteiger partial charge in [0.2, 0.25) is 0 Å². The van der Waals surface area contributed by atoms with Crippen LogP contribution in [0.4, 0.5) is 5.82 Å². The number of fused-ring (bicyclic) bond motifs is 1. The first-order valence-corrected chi connectivity index (χ1v) is 8.69. The molecule has 3 aromatic rings. The SMILES string of the molecule is Clc1ccc(COc2cccc3ccc(N4CCCC4)nc23)cc1. The standard InChI is InChI=1S/C20H19ClN2O/c21-17-9-6-15(7-10-17)14-24-18-5-3-4-16-8-11-19(22-20(16)18)23-12-1-2-13-23/h3-11H,1-2,12-14H2. The average molecular weight is 339 g/mol. The third kappa shape index (κ3) is 3.17. The number of pyridine rings is 1. The van der Waals surface area contributed by atoms with Crippen molar-refractivity contribution >= 4 is 28.3 Å². The highest BCUT2D eigenvalue weighted by Crippen LogP contribution is 2.28. The van der Waals surface area contributed by atoms with Crippen molar-refractivity contribution in [1.29, 1.82) is 0 Å². The van der Waals surface area contributed by atoms with Crippen molar-refractivity contribution in [2.24, 2.45) is 0 Å². The fourth-order valence-corrected chi connectivity index (χ4v) is 3.22. The van der Waals surface area contributed by atoms with Gasteiger partial charge in [-0.05, 0) is 48.7 Å². The quantitative estimate of drug-likeness (QED) is 0.664. The zero-order chi connectivity index (χ0) is 16.4. The maximum absolute atomic E-state index is 6.04. The predicted octanol–water partition coefficient (Wildman–Crippen LogP) is 5.07. The van der Waals surface area contributed by atoms with Crippen LogP contribution in [0.2, 0.25) is 5.02 Å². The number of hydrogen-bond donors (Lipinski definition) is 0. The second kappa shape index (κ2) is 6.70. The summed E-state index contributed by atoms with van der Waals surface area (Å²) >= 11 is 5.93. The lowest BCUT2D eigenvalue weighted by Crippen LogP contribution is -2.18. The largest absolute Gasteiger partial charge is 0.487 e. The highest BCUT2D eigenvalue weighted by atomic mass is 35.5. The van der Waals surface area contributed by atoms with Crippen molar-refractivity contribution in [1.82, 2.24) is 4.98 Å². The molecule has 24 heavy (non-hydrogen) atoms. The Morgan fingerprint density at radius 2 is 1.75 bits per heavy atom. The summed E-state index contributed by atoms with van der Waals surface area (Å²) in [6.45, 7) is 2.69. The van der Waals surface area contributed by atoms with E-state index in [9.17, 15) is 0 Å². The van der Waals surface area contributed by atoms with E-state index in [2.05, 4.69) is 23.1 Å². The lowest BCUT2D eigenvalue weighted by atomic mass is 10.2. The van der Waals surface area contributed by atoms with Gasteiger partial charge in [-0.15, -0.1) is 0 Å². The molecule has 122 valence electrons. The average Bonchev–Trinajstić information content (AvgIpc) is 3.15. The normalized spacial score (nSPS) is 14.3. The van der Waals surface area contributed by atoms with Crippen molar-refractivity contribution in [3.63, 3.8) is 0 Å². The zero-order valence-electron chi connectivity index (χ0n) is 13.4. The molecule has 1 saturated heterocycles. The van der Waals surface area contributed by atoms with Crippen molar-refractivity contribution in [3.8, 4) is 5.75 Å². The lowest BCUT2D eigenvalue weighted by molar-refractivity contribution is 0.309. The van der Waals surface area contributed by atoms with E-state index < -0.39 is 0 Å². The summed E-state index contributed by atoms with van der Waals surface area (Å²) in [6, 6.07) is 18.0. The third-order valence-corrected chi connectivity index (χ3v) is 4.66. The van der Waals surface area contributed by atoms with Crippen molar-refractivity contribution < 1.29 is 4.74 Å². The Morgan fingerprint density at radius 3 is 2.54 bits per heavy atom. The Balaban J connectivity index is 1.61. The molecule has 0 unspecified atom stereocenters. The summed E-state index contributed by atoms with van der Waals surface area (Å²) in [4.78, 5) is 7.21. The molecule has 0 aliphatic carbocycles. The van der Waals surface area contributed by atoms with Gasteiger partial charge in [0.15, 0.2) is 0 Å². The summed E-state index contributed by atoms with van der Waals surface area (Å²) in [5, 5.41) is 1.84. The molecule has 0 bridgehead atoms. The lowest BCUT2D eigenvalue weighted by Gasteiger charge is -2.17. The molecule has 4 rings (SSSR count). The molecule has 3 nitrogen and oxygen atoms in total. The van der Waals surface area contributed by atoms with E-state index in [0.717, 1.165) is 46.1 Å². The number of halogens is 1. The molecule has 0 spiro atoms. The third-order valence-electron chi connectivity index (χ3n) is 4.41. The smallest absolute Gasteiger partial charge is 0.146 e. The topological polar surface area (TPSA) is 25.4 Å². The number of benzene rings is 2. The molecule has 1 aliphatic heterocycles. The first-order chi connectivity index (χ1) is 11.8. The minimum atomic E-state index is 0.506. The number of hydrogen-bond acceptors (Lipinski definition) is 3. The van der Waals surface area contributed by atoms with Gasteiger partial charge >= 0.3 is 0 Å². The maximum Gasteiger partial charge on any atom is 0.146 e. The minimum absolute atomic E-state index is 0.506. The van der Waals surface area contributed by atoms with E-state index in [0.29, 0.717) is 6.61 Å². The molecule has 0 N–H and O–H groups in total. The highest BCUT2D eigenvalue weighted by Gasteiger charge is 2.14. The minimum Gasteiger partial charge on any atom is -0.487 e. The van der Waals surface area contributed by atoms with Crippen molar-refractivity contribution in [3.05, 3.63) is 65.2 Å². The fraction of sp³-hybridized carbons (Fsp3) is 0.250. The van der Waals surface area contributed by atoms with E-state index >= 15 is 0 Å². The van der Waals surface area contributed by atoms with Gasteiger partial charge in [0, 0.05) is 23.5 Å². The van der Waals surface area contributed by atoms with Gasteiger partial charge in [0.05, 0.1) is 0 Å². The molecule has 2 heterocycles. The fourth-order valence-electron chi connectivity index (χ4n) is 3.09. The van der Waals surface area contributed by atoms with Crippen LogP contribution in [0.15, 0.2) is 54.6 Å². The monoisotopic (exact) mass is 338 g/mol. The molecule has 1 aliphatic rings. The van der Waals surface area contributed by atoms with Gasteiger partial charge in [0.1, 0.15) is 23.7 Å². The molecule has 1 aromatic heterocycles. The zero-order valence-corrected chi connectivity index (χ0v) is 14.2. The summed E-state index contributed by atoms with van der Waals surface area (Å²) in [5.74, 6) is 1.87. The maximum atomic E-state index is 6.04. The van der Waals surface area contributed by atoms with E-state index in [1.807, 2.05) is 36.4 Å². The van der Waals surface area contributed by atoms with Crippen molar-refractivity contribution in [2.75, 3.05) is 18.0 Å². The number of anilines is 1. The van der Waals surface area contributed by atoms with Gasteiger partial charge in [-0.3, -0.25) is 0 Å². The molecule has 1 fully saturated rings. The van der Waals surface area contributed by atoms with Crippen molar-refractivity contribution in [2.45, 2.75) is 19.4 Å². The molecular weight excluding hydrogens is 320 g/mol. The van der Waals surface area contributed by atoms with Gasteiger partial charge in [0.25, 0.3) is 0 Å². The molecule has 0 radical (unpaired) electrons. The summed E-state index contributed by atoms with van der Waals surface area (Å²) in [7, 11) is 0. The van der Waals surface area contributed by atoms with Gasteiger partial charge in [-0.25, -0.2) is 4.98 Å². The number of aromatic nitrogens is 1. The summed E-state index contributed by atoms with van der Waals surface area (Å²) < 4.78 is 6.04. The molecule has 2 aromatic carbocycles. The Kier molecular flexibility index (Phi) is 4.26. The highest BCUT2D eigenvalue weighted by molar-refractivity contribution is 6.30. The Bertz CT molecular complexity index is 842. The number of rotatable bonds is 4. The summed E-state index contributed by atoms with van der Waals surface area (Å²) in [5.41, 5.74) is 2.02. The van der Waals surface area contributed by atoms with Crippen LogP contribution in [-0.4, -0.2) is 18.1 Å². The van der Waals surface area contributed by atoms with Crippen LogP contribution in [0.5, 0.6) is 5.75 Å². The molecule has 4 heteroatoms. The van der Waals surface area contributed by atoms with Crippen LogP contribution < -0.4 is 9.64 Å². The number of para-hydroxylation sites is 1. The second-order valence-corrected chi connectivity index (χ2v) is 6.54. The first kappa shape index (κ1) is 15.3. The van der Waals surface area contributed by atoms with Crippen LogP contribution in [0, 0.1) is 0 Å². The van der Waals surface area contributed by atoms with Gasteiger partial charge in [-0.2, -0.15) is 0 Å². The summed E-state index contributed by atoms with van der Waals surface area (Å²) in [6.07, 6.45) is 2.49. The Morgan fingerprint density at radius 1 is 0.958 bits per heavy atom. The van der Waals surface area contributed by atoms with E-state index in [1.54, 1.807) is 0 Å². The van der Waals surface area contributed by atoms with E-state index in [1.165, 1.54) is 12.8 Å². The van der Waals surface area contributed by atoms with Gasteiger partial charge in [-0.1, -0.05) is 35.9 Å². The Labute approximate surface area is 146 Å². The first-order valence-electron chi connectivity index (χ1n) is 8.31.